The van der Waals surface area contributed by atoms with E-state index in [-0.39, 0.29) is 41.2 Å². The van der Waals surface area contributed by atoms with Gasteiger partial charge >= 0.3 is 0 Å². The highest BCUT2D eigenvalue weighted by molar-refractivity contribution is 14.0. The van der Waals surface area contributed by atoms with E-state index in [1.54, 1.807) is 32.2 Å². The predicted octanol–water partition coefficient (Wildman–Crippen LogP) is 3.05. The van der Waals surface area contributed by atoms with Crippen LogP contribution in [0.4, 0.5) is 4.39 Å². The Kier molecular flexibility index (Phi) is 10.1. The standard InChI is InChI=1S/C18H22ClFN4O2S.HI/c1-13-6-7-14(10-17(13)20)12-23-18(21-2)22-8-9-24-27(25,26)16-5-3-4-15(19)11-16;/h3-7,10-11,24H,8-9,12H2,1-2H3,(H2,21,22,23);1H. The molecule has 6 nitrogen and oxygen atoms in total. The lowest BCUT2D eigenvalue weighted by Gasteiger charge is -2.13. The molecule has 2 rings (SSSR count). The number of nitrogens with one attached hydrogen (secondary N) is 3. The summed E-state index contributed by atoms with van der Waals surface area (Å²) >= 11 is 5.82. The van der Waals surface area contributed by atoms with Crippen molar-refractivity contribution < 1.29 is 12.8 Å². The number of aliphatic imine (C=N–C) groups is 1. The summed E-state index contributed by atoms with van der Waals surface area (Å²) in [5.41, 5.74) is 1.37. The Balaban J connectivity index is 0.00000392. The minimum atomic E-state index is -3.63. The van der Waals surface area contributed by atoms with Crippen LogP contribution in [-0.2, 0) is 16.6 Å². The lowest BCUT2D eigenvalue weighted by atomic mass is 10.1. The molecular formula is C18H23ClFIN4O2S. The Bertz CT molecular complexity index is 926. The molecule has 0 aliphatic carbocycles. The van der Waals surface area contributed by atoms with E-state index in [1.165, 1.54) is 18.2 Å². The quantitative estimate of drug-likeness (QED) is 0.218. The monoisotopic (exact) mass is 540 g/mol. The van der Waals surface area contributed by atoms with Crippen LogP contribution in [0.15, 0.2) is 52.4 Å². The van der Waals surface area contributed by atoms with E-state index in [2.05, 4.69) is 20.3 Å². The largest absolute Gasteiger partial charge is 0.355 e. The summed E-state index contributed by atoms with van der Waals surface area (Å²) < 4.78 is 40.4. The number of guanidine groups is 1. The zero-order chi connectivity index (χ0) is 19.9. The first-order valence-electron chi connectivity index (χ1n) is 8.26. The second-order valence-corrected chi connectivity index (χ2v) is 7.99. The molecule has 0 aliphatic heterocycles. The van der Waals surface area contributed by atoms with E-state index in [4.69, 9.17) is 11.6 Å². The minimum absolute atomic E-state index is 0. The maximum absolute atomic E-state index is 13.6. The topological polar surface area (TPSA) is 82.6 Å². The molecule has 0 aliphatic rings. The van der Waals surface area contributed by atoms with Gasteiger partial charge in [-0.2, -0.15) is 0 Å². The fourth-order valence-corrected chi connectivity index (χ4v) is 3.57. The van der Waals surface area contributed by atoms with Gasteiger partial charge in [-0.05, 0) is 42.3 Å². The number of rotatable bonds is 7. The number of sulfonamides is 1. The van der Waals surface area contributed by atoms with Crippen LogP contribution in [-0.4, -0.2) is 34.5 Å². The van der Waals surface area contributed by atoms with Gasteiger partial charge in [0.15, 0.2) is 5.96 Å². The molecule has 2 aromatic rings. The third kappa shape index (κ3) is 7.53. The molecule has 0 saturated heterocycles. The highest BCUT2D eigenvalue weighted by atomic mass is 127. The van der Waals surface area contributed by atoms with Crippen molar-refractivity contribution in [1.29, 1.82) is 0 Å². The molecule has 0 atom stereocenters. The number of aryl methyl sites for hydroxylation is 1. The van der Waals surface area contributed by atoms with Gasteiger partial charge in [-0.15, -0.1) is 24.0 Å². The molecule has 154 valence electrons. The Morgan fingerprint density at radius 2 is 1.89 bits per heavy atom. The summed E-state index contributed by atoms with van der Waals surface area (Å²) in [5, 5.41) is 6.39. The van der Waals surface area contributed by atoms with Gasteiger partial charge in [-0.1, -0.05) is 29.8 Å². The van der Waals surface area contributed by atoms with E-state index in [0.717, 1.165) is 5.56 Å². The van der Waals surface area contributed by atoms with Gasteiger partial charge in [0.25, 0.3) is 0 Å². The summed E-state index contributed by atoms with van der Waals surface area (Å²) in [6, 6.07) is 11.1. The molecule has 10 heteroatoms. The first-order chi connectivity index (χ1) is 12.8. The van der Waals surface area contributed by atoms with Crippen molar-refractivity contribution >= 4 is 51.6 Å². The van der Waals surface area contributed by atoms with Gasteiger partial charge in [-0.25, -0.2) is 17.5 Å². The molecule has 0 saturated carbocycles. The van der Waals surface area contributed by atoms with Gasteiger partial charge in [0.05, 0.1) is 4.90 Å². The second kappa shape index (κ2) is 11.5. The van der Waals surface area contributed by atoms with Crippen LogP contribution in [0.3, 0.4) is 0 Å². The zero-order valence-corrected chi connectivity index (χ0v) is 19.4. The Morgan fingerprint density at radius 3 is 2.54 bits per heavy atom. The lowest BCUT2D eigenvalue weighted by Crippen LogP contribution is -2.41. The third-order valence-corrected chi connectivity index (χ3v) is 5.43. The summed E-state index contributed by atoms with van der Waals surface area (Å²) in [7, 11) is -2.03. The predicted molar refractivity (Wildman–Crippen MR) is 121 cm³/mol. The Labute approximate surface area is 187 Å². The molecule has 0 amide bonds. The van der Waals surface area contributed by atoms with E-state index in [0.29, 0.717) is 29.6 Å². The third-order valence-electron chi connectivity index (χ3n) is 3.74. The van der Waals surface area contributed by atoms with Crippen molar-refractivity contribution in [3.8, 4) is 0 Å². The molecule has 0 spiro atoms. The van der Waals surface area contributed by atoms with Crippen LogP contribution in [0.25, 0.3) is 0 Å². The van der Waals surface area contributed by atoms with Gasteiger partial charge in [-0.3, -0.25) is 4.99 Å². The normalized spacial score (nSPS) is 11.6. The summed E-state index contributed by atoms with van der Waals surface area (Å²) in [5.74, 6) is 0.227. The SMILES string of the molecule is CN=C(NCCNS(=O)(=O)c1cccc(Cl)c1)NCc1ccc(C)c(F)c1.I. The lowest BCUT2D eigenvalue weighted by molar-refractivity contribution is 0.580. The molecule has 0 aromatic heterocycles. The highest BCUT2D eigenvalue weighted by Gasteiger charge is 2.13. The average molecular weight is 541 g/mol. The van der Waals surface area contributed by atoms with Crippen LogP contribution >= 0.6 is 35.6 Å². The Morgan fingerprint density at radius 1 is 1.14 bits per heavy atom. The second-order valence-electron chi connectivity index (χ2n) is 5.79. The maximum atomic E-state index is 13.6. The highest BCUT2D eigenvalue weighted by Crippen LogP contribution is 2.14. The molecule has 0 fully saturated rings. The smallest absolute Gasteiger partial charge is 0.240 e. The zero-order valence-electron chi connectivity index (χ0n) is 15.5. The fourth-order valence-electron chi connectivity index (χ4n) is 2.24. The summed E-state index contributed by atoms with van der Waals surface area (Å²) in [6.07, 6.45) is 0. The van der Waals surface area contributed by atoms with E-state index in [9.17, 15) is 12.8 Å². The molecule has 28 heavy (non-hydrogen) atoms. The average Bonchev–Trinajstić information content (AvgIpc) is 2.64. The number of hydrogen-bond donors (Lipinski definition) is 3. The van der Waals surface area contributed by atoms with Crippen molar-refractivity contribution in [2.24, 2.45) is 4.99 Å². The van der Waals surface area contributed by atoms with Crippen molar-refractivity contribution in [3.05, 3.63) is 64.4 Å². The molecule has 0 radical (unpaired) electrons. The van der Waals surface area contributed by atoms with Gasteiger partial charge in [0.2, 0.25) is 10.0 Å². The fraction of sp³-hybridized carbons (Fsp3) is 0.278. The molecular weight excluding hydrogens is 518 g/mol. The van der Waals surface area contributed by atoms with E-state index in [1.807, 2.05) is 6.07 Å². The van der Waals surface area contributed by atoms with E-state index < -0.39 is 10.0 Å². The number of nitrogens with zero attached hydrogens (tertiary/aromatic N) is 1. The van der Waals surface area contributed by atoms with Crippen molar-refractivity contribution in [3.63, 3.8) is 0 Å². The maximum Gasteiger partial charge on any atom is 0.240 e. The van der Waals surface area contributed by atoms with Gasteiger partial charge in [0, 0.05) is 31.7 Å². The van der Waals surface area contributed by atoms with E-state index >= 15 is 0 Å². The molecule has 3 N–H and O–H groups in total. The summed E-state index contributed by atoms with van der Waals surface area (Å²) in [6.45, 7) is 2.58. The number of benzene rings is 2. The van der Waals surface area contributed by atoms with Crippen molar-refractivity contribution in [2.45, 2.75) is 18.4 Å². The van der Waals surface area contributed by atoms with Crippen molar-refractivity contribution in [2.75, 3.05) is 20.1 Å². The molecule has 2 aromatic carbocycles. The van der Waals surface area contributed by atoms with Gasteiger partial charge in [0.1, 0.15) is 5.82 Å². The van der Waals surface area contributed by atoms with Crippen LogP contribution in [0.5, 0.6) is 0 Å². The van der Waals surface area contributed by atoms with Crippen LogP contribution < -0.4 is 15.4 Å². The number of hydrogen-bond acceptors (Lipinski definition) is 3. The first kappa shape index (κ1) is 24.6. The molecule has 0 bridgehead atoms. The van der Waals surface area contributed by atoms with Crippen molar-refractivity contribution in [1.82, 2.24) is 15.4 Å². The first-order valence-corrected chi connectivity index (χ1v) is 10.1. The van der Waals surface area contributed by atoms with Crippen LogP contribution in [0.1, 0.15) is 11.1 Å². The molecule has 0 heterocycles. The Hall–Kier alpha value is -1.43. The van der Waals surface area contributed by atoms with Crippen LogP contribution in [0, 0.1) is 12.7 Å². The van der Waals surface area contributed by atoms with Gasteiger partial charge < -0.3 is 10.6 Å². The minimum Gasteiger partial charge on any atom is -0.355 e. The number of halogens is 3. The summed E-state index contributed by atoms with van der Waals surface area (Å²) in [4.78, 5) is 4.16. The van der Waals surface area contributed by atoms with Crippen LogP contribution in [0.2, 0.25) is 5.02 Å². The molecule has 0 unspecified atom stereocenters.